The molecule has 2 aromatic rings. The van der Waals surface area contributed by atoms with Gasteiger partial charge in [0.05, 0.1) is 16.8 Å². The van der Waals surface area contributed by atoms with Crippen LogP contribution in [0, 0.1) is 12.3 Å². The minimum absolute atomic E-state index is 0.0613. The maximum Gasteiger partial charge on any atom is 0.311 e. The van der Waals surface area contributed by atoms with Crippen LogP contribution in [0.3, 0.4) is 0 Å². The van der Waals surface area contributed by atoms with Gasteiger partial charge in [-0.05, 0) is 31.9 Å². The van der Waals surface area contributed by atoms with Gasteiger partial charge in [-0.25, -0.2) is 4.68 Å². The Bertz CT molecular complexity index is 721. The molecular formula is C17H22N4O3. The van der Waals surface area contributed by atoms with Crippen molar-refractivity contribution in [3.8, 4) is 5.69 Å². The van der Waals surface area contributed by atoms with E-state index in [2.05, 4.69) is 15.6 Å². The molecule has 128 valence electrons. The molecule has 0 bridgehead atoms. The summed E-state index contributed by atoms with van der Waals surface area (Å²) in [5, 5.41) is 20.1. The fourth-order valence-electron chi connectivity index (χ4n) is 2.56. The first-order valence-corrected chi connectivity index (χ1v) is 7.94. The van der Waals surface area contributed by atoms with E-state index in [0.29, 0.717) is 18.5 Å². The second-order valence-corrected chi connectivity index (χ2v) is 5.75. The molecule has 7 nitrogen and oxygen atoms in total. The van der Waals surface area contributed by atoms with Gasteiger partial charge in [0.15, 0.2) is 5.69 Å². The van der Waals surface area contributed by atoms with E-state index in [1.807, 2.05) is 30.3 Å². The van der Waals surface area contributed by atoms with Crippen LogP contribution in [0.1, 0.15) is 42.9 Å². The van der Waals surface area contributed by atoms with Crippen molar-refractivity contribution in [2.45, 2.75) is 33.6 Å². The van der Waals surface area contributed by atoms with Gasteiger partial charge in [-0.15, -0.1) is 5.10 Å². The van der Waals surface area contributed by atoms with Crippen molar-refractivity contribution in [1.82, 2.24) is 20.3 Å². The van der Waals surface area contributed by atoms with Crippen LogP contribution in [0.15, 0.2) is 30.3 Å². The normalized spacial score (nSPS) is 11.3. The fraction of sp³-hybridized carbons (Fsp3) is 0.412. The molecule has 1 amide bonds. The Balaban J connectivity index is 2.17. The van der Waals surface area contributed by atoms with Crippen LogP contribution in [0.5, 0.6) is 0 Å². The lowest BCUT2D eigenvalue weighted by Gasteiger charge is -2.26. The zero-order valence-corrected chi connectivity index (χ0v) is 14.1. The Morgan fingerprint density at radius 2 is 1.83 bits per heavy atom. The highest BCUT2D eigenvalue weighted by Gasteiger charge is 2.35. The molecule has 0 unspecified atom stereocenters. The number of hydrogen-bond acceptors (Lipinski definition) is 4. The molecule has 7 heteroatoms. The van der Waals surface area contributed by atoms with Gasteiger partial charge in [-0.1, -0.05) is 37.3 Å². The molecule has 2 N–H and O–H groups in total. The number of carbonyl (C=O) groups is 2. The Hall–Kier alpha value is -2.70. The van der Waals surface area contributed by atoms with E-state index in [9.17, 15) is 14.7 Å². The summed E-state index contributed by atoms with van der Waals surface area (Å²) in [5.74, 6) is -1.32. The molecule has 1 aromatic carbocycles. The van der Waals surface area contributed by atoms with Crippen molar-refractivity contribution in [1.29, 1.82) is 0 Å². The highest BCUT2D eigenvalue weighted by molar-refractivity contribution is 5.93. The number of carboxylic acid groups (broad SMARTS) is 1. The van der Waals surface area contributed by atoms with Gasteiger partial charge in [-0.2, -0.15) is 0 Å². The van der Waals surface area contributed by atoms with E-state index in [1.54, 1.807) is 25.5 Å². The number of carbonyl (C=O) groups excluding carboxylic acids is 1. The number of amides is 1. The van der Waals surface area contributed by atoms with Crippen LogP contribution in [0.4, 0.5) is 0 Å². The molecule has 0 aliphatic rings. The quantitative estimate of drug-likeness (QED) is 0.811. The molecule has 0 aliphatic carbocycles. The first-order chi connectivity index (χ1) is 11.4. The van der Waals surface area contributed by atoms with Gasteiger partial charge >= 0.3 is 5.97 Å². The molecular weight excluding hydrogens is 308 g/mol. The minimum Gasteiger partial charge on any atom is -0.481 e. The van der Waals surface area contributed by atoms with E-state index < -0.39 is 17.3 Å². The van der Waals surface area contributed by atoms with Crippen molar-refractivity contribution < 1.29 is 14.7 Å². The predicted octanol–water partition coefficient (Wildman–Crippen LogP) is 2.20. The minimum atomic E-state index is -0.959. The smallest absolute Gasteiger partial charge is 0.311 e. The highest BCUT2D eigenvalue weighted by Crippen LogP contribution is 2.25. The number of carboxylic acids is 1. The number of aromatic nitrogens is 3. The van der Waals surface area contributed by atoms with E-state index in [4.69, 9.17) is 0 Å². The third kappa shape index (κ3) is 3.29. The second kappa shape index (κ2) is 7.25. The van der Waals surface area contributed by atoms with Crippen LogP contribution < -0.4 is 5.32 Å². The molecule has 1 aromatic heterocycles. The Morgan fingerprint density at radius 1 is 1.21 bits per heavy atom. The number of para-hydroxylation sites is 1. The number of hydrogen-bond donors (Lipinski definition) is 2. The van der Waals surface area contributed by atoms with Crippen molar-refractivity contribution in [3.05, 3.63) is 41.7 Å². The monoisotopic (exact) mass is 330 g/mol. The SMILES string of the molecule is CCC(CC)(CNC(=O)c1nnn(-c2ccccc2)c1C)C(=O)O. The number of benzene rings is 1. The van der Waals surface area contributed by atoms with Gasteiger partial charge in [-0.3, -0.25) is 9.59 Å². The molecule has 0 fully saturated rings. The number of nitrogens with zero attached hydrogens (tertiary/aromatic N) is 3. The summed E-state index contributed by atoms with van der Waals surface area (Å²) >= 11 is 0. The molecule has 0 saturated carbocycles. The zero-order valence-electron chi connectivity index (χ0n) is 14.1. The van der Waals surface area contributed by atoms with Crippen molar-refractivity contribution in [2.24, 2.45) is 5.41 Å². The second-order valence-electron chi connectivity index (χ2n) is 5.75. The average Bonchev–Trinajstić information content (AvgIpc) is 2.98. The largest absolute Gasteiger partial charge is 0.481 e. The third-order valence-electron chi connectivity index (χ3n) is 4.50. The summed E-state index contributed by atoms with van der Waals surface area (Å²) in [6.45, 7) is 5.43. The van der Waals surface area contributed by atoms with Gasteiger partial charge in [0.25, 0.3) is 5.91 Å². The molecule has 0 saturated heterocycles. The average molecular weight is 330 g/mol. The van der Waals surface area contributed by atoms with E-state index in [1.165, 1.54) is 0 Å². The summed E-state index contributed by atoms with van der Waals surface area (Å²) in [5.41, 5.74) is 0.653. The lowest BCUT2D eigenvalue weighted by atomic mass is 9.82. The number of aliphatic carboxylic acids is 1. The van der Waals surface area contributed by atoms with Crippen molar-refractivity contribution in [2.75, 3.05) is 6.54 Å². The standard InChI is InChI=1S/C17H22N4O3/c1-4-17(5-2,16(23)24)11-18-15(22)14-12(3)21(20-19-14)13-9-7-6-8-10-13/h6-10H,4-5,11H2,1-3H3,(H,18,22)(H,23,24). The Morgan fingerprint density at radius 3 is 2.38 bits per heavy atom. The van der Waals surface area contributed by atoms with Gasteiger partial charge in [0, 0.05) is 6.54 Å². The fourth-order valence-corrected chi connectivity index (χ4v) is 2.56. The first-order valence-electron chi connectivity index (χ1n) is 7.94. The Kier molecular flexibility index (Phi) is 5.33. The molecule has 0 spiro atoms. The molecule has 0 radical (unpaired) electrons. The van der Waals surface area contributed by atoms with Crippen LogP contribution in [0.25, 0.3) is 5.69 Å². The van der Waals surface area contributed by atoms with E-state index in [0.717, 1.165) is 5.69 Å². The highest BCUT2D eigenvalue weighted by atomic mass is 16.4. The van der Waals surface area contributed by atoms with E-state index in [-0.39, 0.29) is 12.2 Å². The number of nitrogens with one attached hydrogen (secondary N) is 1. The lowest BCUT2D eigenvalue weighted by Crippen LogP contribution is -2.42. The molecule has 1 heterocycles. The first kappa shape index (κ1) is 17.7. The maximum atomic E-state index is 12.4. The molecule has 24 heavy (non-hydrogen) atoms. The van der Waals surface area contributed by atoms with Gasteiger partial charge in [0.2, 0.25) is 0 Å². The molecule has 2 rings (SSSR count). The van der Waals surface area contributed by atoms with Crippen LogP contribution in [-0.2, 0) is 4.79 Å². The summed E-state index contributed by atoms with van der Waals surface area (Å²) in [6.07, 6.45) is 0.879. The zero-order chi connectivity index (χ0) is 17.7. The summed E-state index contributed by atoms with van der Waals surface area (Å²) in [7, 11) is 0. The van der Waals surface area contributed by atoms with Crippen molar-refractivity contribution >= 4 is 11.9 Å². The van der Waals surface area contributed by atoms with Crippen molar-refractivity contribution in [3.63, 3.8) is 0 Å². The maximum absolute atomic E-state index is 12.4. The predicted molar refractivity (Wildman–Crippen MR) is 89.1 cm³/mol. The van der Waals surface area contributed by atoms with Crippen LogP contribution >= 0.6 is 0 Å². The van der Waals surface area contributed by atoms with Gasteiger partial charge < -0.3 is 10.4 Å². The topological polar surface area (TPSA) is 97.1 Å². The summed E-state index contributed by atoms with van der Waals surface area (Å²) < 4.78 is 1.58. The lowest BCUT2D eigenvalue weighted by molar-refractivity contribution is -0.149. The molecule has 0 aliphatic heterocycles. The summed E-state index contributed by atoms with van der Waals surface area (Å²) in [6, 6.07) is 9.38. The van der Waals surface area contributed by atoms with E-state index >= 15 is 0 Å². The number of rotatable bonds is 7. The summed E-state index contributed by atoms with van der Waals surface area (Å²) in [4.78, 5) is 23.9. The van der Waals surface area contributed by atoms with Gasteiger partial charge in [0.1, 0.15) is 0 Å². The molecule has 0 atom stereocenters. The third-order valence-corrected chi connectivity index (χ3v) is 4.50. The van der Waals surface area contributed by atoms with Crippen LogP contribution in [-0.4, -0.2) is 38.5 Å². The van der Waals surface area contributed by atoms with Crippen LogP contribution in [0.2, 0.25) is 0 Å². The Labute approximate surface area is 140 Å².